The minimum Gasteiger partial charge on any atom is -0.493 e. The Balaban J connectivity index is 2.12. The second-order valence-electron chi connectivity index (χ2n) is 4.84. The monoisotopic (exact) mass is 250 g/mol. The lowest BCUT2D eigenvalue weighted by Crippen LogP contribution is -2.20. The van der Waals surface area contributed by atoms with E-state index in [1.165, 1.54) is 17.7 Å². The molecule has 0 fully saturated rings. The minimum absolute atomic E-state index is 0.669. The van der Waals surface area contributed by atoms with Gasteiger partial charge < -0.3 is 19.7 Å². The summed E-state index contributed by atoms with van der Waals surface area (Å²) in [5.41, 5.74) is 2.50. The highest BCUT2D eigenvalue weighted by molar-refractivity contribution is 5.61. The van der Waals surface area contributed by atoms with Crippen LogP contribution in [0.4, 0.5) is 5.69 Å². The van der Waals surface area contributed by atoms with Gasteiger partial charge in [0.25, 0.3) is 0 Å². The van der Waals surface area contributed by atoms with Crippen LogP contribution in [-0.4, -0.2) is 45.8 Å². The lowest BCUT2D eigenvalue weighted by Gasteiger charge is -2.21. The average molecular weight is 250 g/mol. The Bertz CT molecular complexity index is 405. The van der Waals surface area contributed by atoms with E-state index in [2.05, 4.69) is 22.3 Å². The molecule has 1 aromatic rings. The van der Waals surface area contributed by atoms with E-state index in [9.17, 15) is 0 Å². The molecule has 0 atom stereocenters. The largest absolute Gasteiger partial charge is 0.493 e. The Morgan fingerprint density at radius 1 is 1.28 bits per heavy atom. The van der Waals surface area contributed by atoms with Crippen LogP contribution in [0, 0.1) is 0 Å². The van der Waals surface area contributed by atoms with E-state index < -0.39 is 0 Å². The molecule has 0 unspecified atom stereocenters. The molecule has 18 heavy (non-hydrogen) atoms. The van der Waals surface area contributed by atoms with Crippen LogP contribution >= 0.6 is 0 Å². The van der Waals surface area contributed by atoms with Crippen molar-refractivity contribution in [3.05, 3.63) is 17.7 Å². The van der Waals surface area contributed by atoms with Crippen LogP contribution in [0.15, 0.2) is 12.1 Å². The second kappa shape index (κ2) is 5.96. The summed E-state index contributed by atoms with van der Waals surface area (Å²) in [6.45, 7) is 2.60. The number of anilines is 1. The first-order valence-electron chi connectivity index (χ1n) is 6.43. The zero-order valence-electron chi connectivity index (χ0n) is 11.5. The van der Waals surface area contributed by atoms with Crippen LogP contribution in [0.3, 0.4) is 0 Å². The van der Waals surface area contributed by atoms with Crippen molar-refractivity contribution in [2.24, 2.45) is 0 Å². The molecule has 0 saturated heterocycles. The van der Waals surface area contributed by atoms with Crippen molar-refractivity contribution in [1.29, 1.82) is 0 Å². The molecule has 1 aliphatic rings. The molecule has 100 valence electrons. The van der Waals surface area contributed by atoms with Gasteiger partial charge in [-0.2, -0.15) is 0 Å². The topological polar surface area (TPSA) is 33.7 Å². The minimum atomic E-state index is 0.669. The maximum atomic E-state index is 5.80. The number of nitrogens with one attached hydrogen (secondary N) is 1. The normalized spacial score (nSPS) is 14.0. The predicted molar refractivity (Wildman–Crippen MR) is 73.9 cm³/mol. The Morgan fingerprint density at radius 3 is 2.83 bits per heavy atom. The molecule has 1 aromatic carbocycles. The van der Waals surface area contributed by atoms with E-state index in [1.807, 2.05) is 14.1 Å². The Kier molecular flexibility index (Phi) is 4.31. The van der Waals surface area contributed by atoms with E-state index in [-0.39, 0.29) is 0 Å². The molecule has 1 N–H and O–H groups in total. The van der Waals surface area contributed by atoms with Gasteiger partial charge in [0.1, 0.15) is 6.61 Å². The van der Waals surface area contributed by atoms with Crippen molar-refractivity contribution in [3.8, 4) is 11.5 Å². The number of hydrogen-bond acceptors (Lipinski definition) is 4. The van der Waals surface area contributed by atoms with Crippen LogP contribution in [0.5, 0.6) is 11.5 Å². The van der Waals surface area contributed by atoms with E-state index >= 15 is 0 Å². The average Bonchev–Trinajstić information content (AvgIpc) is 2.37. The Morgan fingerprint density at radius 2 is 2.11 bits per heavy atom. The van der Waals surface area contributed by atoms with Crippen LogP contribution in [0.2, 0.25) is 0 Å². The third-order valence-corrected chi connectivity index (χ3v) is 3.12. The van der Waals surface area contributed by atoms with Crippen LogP contribution in [-0.2, 0) is 6.42 Å². The molecule has 4 nitrogen and oxygen atoms in total. The Hall–Kier alpha value is -1.42. The first kappa shape index (κ1) is 13.0. The molecule has 0 aromatic heterocycles. The fraction of sp³-hybridized carbons (Fsp3) is 0.571. The highest BCUT2D eigenvalue weighted by Crippen LogP contribution is 2.35. The first-order valence-corrected chi connectivity index (χ1v) is 6.43. The van der Waals surface area contributed by atoms with Crippen molar-refractivity contribution in [2.75, 3.05) is 46.2 Å². The number of hydrogen-bond donors (Lipinski definition) is 1. The molecule has 0 radical (unpaired) electrons. The van der Waals surface area contributed by atoms with Crippen molar-refractivity contribution in [1.82, 2.24) is 4.90 Å². The van der Waals surface area contributed by atoms with E-state index in [0.717, 1.165) is 31.0 Å². The van der Waals surface area contributed by atoms with Gasteiger partial charge >= 0.3 is 0 Å². The summed E-state index contributed by atoms with van der Waals surface area (Å²) in [4.78, 5) is 2.10. The molecule has 1 aliphatic heterocycles. The summed E-state index contributed by atoms with van der Waals surface area (Å²) in [6, 6.07) is 4.15. The number of likely N-dealkylation sites (N-methyl/N-ethyl adjacent to an activating group) is 1. The summed E-state index contributed by atoms with van der Waals surface area (Å²) in [5, 5.41) is 3.41. The van der Waals surface area contributed by atoms with Crippen molar-refractivity contribution in [2.45, 2.75) is 12.8 Å². The van der Waals surface area contributed by atoms with Gasteiger partial charge in [-0.1, -0.05) is 0 Å². The van der Waals surface area contributed by atoms with E-state index in [0.29, 0.717) is 6.61 Å². The van der Waals surface area contributed by atoms with Gasteiger partial charge in [0.2, 0.25) is 0 Å². The quantitative estimate of drug-likeness (QED) is 0.866. The standard InChI is InChI=1S/C14H22N2O2/c1-16(2)7-8-18-14-10-12-11(5-4-6-15-12)9-13(14)17-3/h9-10,15H,4-8H2,1-3H3. The molecule has 0 saturated carbocycles. The number of benzene rings is 1. The summed E-state index contributed by atoms with van der Waals surface area (Å²) in [6.07, 6.45) is 2.29. The molecule has 1 heterocycles. The smallest absolute Gasteiger partial charge is 0.163 e. The fourth-order valence-corrected chi connectivity index (χ4v) is 2.09. The molecular weight excluding hydrogens is 228 g/mol. The number of rotatable bonds is 5. The van der Waals surface area contributed by atoms with Crippen molar-refractivity contribution < 1.29 is 9.47 Å². The van der Waals surface area contributed by atoms with Gasteiger partial charge in [0.15, 0.2) is 11.5 Å². The molecule has 0 amide bonds. The highest BCUT2D eigenvalue weighted by atomic mass is 16.5. The second-order valence-corrected chi connectivity index (χ2v) is 4.84. The zero-order valence-corrected chi connectivity index (χ0v) is 11.5. The SMILES string of the molecule is COc1cc2c(cc1OCCN(C)C)NCCC2. The van der Waals surface area contributed by atoms with E-state index in [1.54, 1.807) is 7.11 Å². The van der Waals surface area contributed by atoms with Crippen LogP contribution in [0.1, 0.15) is 12.0 Å². The van der Waals surface area contributed by atoms with Crippen molar-refractivity contribution >= 4 is 5.69 Å². The lowest BCUT2D eigenvalue weighted by atomic mass is 10.0. The van der Waals surface area contributed by atoms with Gasteiger partial charge in [0.05, 0.1) is 7.11 Å². The summed E-state index contributed by atoms with van der Waals surface area (Å²) < 4.78 is 11.2. The number of fused-ring (bicyclic) bond motifs is 1. The number of aryl methyl sites for hydroxylation is 1. The molecular formula is C14H22N2O2. The van der Waals surface area contributed by atoms with Gasteiger partial charge in [0, 0.05) is 24.8 Å². The third kappa shape index (κ3) is 3.07. The number of ether oxygens (including phenoxy) is 2. The van der Waals surface area contributed by atoms with Gasteiger partial charge in [-0.15, -0.1) is 0 Å². The molecule has 0 bridgehead atoms. The maximum absolute atomic E-state index is 5.80. The summed E-state index contributed by atoms with van der Waals surface area (Å²) in [5.74, 6) is 1.66. The molecule has 4 heteroatoms. The highest BCUT2D eigenvalue weighted by Gasteiger charge is 2.14. The summed E-state index contributed by atoms with van der Waals surface area (Å²) >= 11 is 0. The number of nitrogens with zero attached hydrogens (tertiary/aromatic N) is 1. The first-order chi connectivity index (χ1) is 8.70. The van der Waals surface area contributed by atoms with E-state index in [4.69, 9.17) is 9.47 Å². The zero-order chi connectivity index (χ0) is 13.0. The lowest BCUT2D eigenvalue weighted by molar-refractivity contribution is 0.250. The fourth-order valence-electron chi connectivity index (χ4n) is 2.09. The van der Waals surface area contributed by atoms with Crippen LogP contribution < -0.4 is 14.8 Å². The molecule has 2 rings (SSSR count). The van der Waals surface area contributed by atoms with Crippen LogP contribution in [0.25, 0.3) is 0 Å². The third-order valence-electron chi connectivity index (χ3n) is 3.12. The van der Waals surface area contributed by atoms with Gasteiger partial charge in [-0.05, 0) is 38.6 Å². The van der Waals surface area contributed by atoms with Gasteiger partial charge in [-0.3, -0.25) is 0 Å². The predicted octanol–water partition coefficient (Wildman–Crippen LogP) is 1.99. The van der Waals surface area contributed by atoms with Gasteiger partial charge in [-0.25, -0.2) is 0 Å². The molecule has 0 spiro atoms. The Labute approximate surface area is 109 Å². The maximum Gasteiger partial charge on any atom is 0.163 e. The van der Waals surface area contributed by atoms with Crippen molar-refractivity contribution in [3.63, 3.8) is 0 Å². The summed E-state index contributed by atoms with van der Waals surface area (Å²) in [7, 11) is 5.76. The molecule has 0 aliphatic carbocycles. The number of methoxy groups -OCH3 is 1.